The minimum Gasteiger partial charge on any atom is -0.481 e. The number of carboxylic acids is 1. The maximum Gasteiger partial charge on any atom is 0.312 e. The van der Waals surface area contributed by atoms with E-state index in [1.807, 2.05) is 54.6 Å². The fourth-order valence-electron chi connectivity index (χ4n) is 3.22. The second-order valence-electron chi connectivity index (χ2n) is 5.60. The molecule has 3 aromatic rings. The summed E-state index contributed by atoms with van der Waals surface area (Å²) in [5, 5.41) is 10.5. The predicted octanol–water partition coefficient (Wildman–Crippen LogP) is 3.00. The molecule has 2 N–H and O–H groups in total. The molecule has 1 atom stereocenters. The van der Waals surface area contributed by atoms with E-state index in [9.17, 15) is 14.7 Å². The van der Waals surface area contributed by atoms with Crippen LogP contribution in [0, 0.1) is 0 Å². The number of aromatic amines is 1. The summed E-state index contributed by atoms with van der Waals surface area (Å²) in [5.41, 5.74) is 2.44. The van der Waals surface area contributed by atoms with Gasteiger partial charge < -0.3 is 15.0 Å². The molecule has 0 saturated carbocycles. The number of carbonyl (C=O) groups excluding carboxylic acids is 1. The SMILES string of the molecule is O=C(O)C1CN(c2ccccc2)C(=O)c2[nH]c3ccccc3c21. The zero-order valence-electron chi connectivity index (χ0n) is 12.2. The molecule has 2 aromatic carbocycles. The minimum absolute atomic E-state index is 0.132. The monoisotopic (exact) mass is 306 g/mol. The molecular formula is C18H14N2O3. The van der Waals surface area contributed by atoms with E-state index in [1.165, 1.54) is 4.90 Å². The number of carboxylic acid groups (broad SMARTS) is 1. The Morgan fingerprint density at radius 1 is 1.09 bits per heavy atom. The van der Waals surface area contributed by atoms with Crippen molar-refractivity contribution in [2.45, 2.75) is 5.92 Å². The van der Waals surface area contributed by atoms with Gasteiger partial charge >= 0.3 is 5.97 Å². The number of rotatable bonds is 2. The van der Waals surface area contributed by atoms with Crippen molar-refractivity contribution in [1.82, 2.24) is 4.98 Å². The summed E-state index contributed by atoms with van der Waals surface area (Å²) in [6.07, 6.45) is 0. The fraction of sp³-hybridized carbons (Fsp3) is 0.111. The summed E-state index contributed by atoms with van der Waals surface area (Å²) in [6.45, 7) is 0.132. The second kappa shape index (κ2) is 4.98. The van der Waals surface area contributed by atoms with Gasteiger partial charge in [-0.15, -0.1) is 0 Å². The average Bonchev–Trinajstić information content (AvgIpc) is 2.96. The van der Waals surface area contributed by atoms with Crippen molar-refractivity contribution >= 4 is 28.5 Å². The summed E-state index contributed by atoms with van der Waals surface area (Å²) in [5.74, 6) is -1.87. The molecule has 1 unspecified atom stereocenters. The number of H-pyrrole nitrogens is 1. The first-order valence-corrected chi connectivity index (χ1v) is 7.37. The summed E-state index contributed by atoms with van der Waals surface area (Å²) < 4.78 is 0. The highest BCUT2D eigenvalue weighted by Crippen LogP contribution is 2.36. The van der Waals surface area contributed by atoms with E-state index < -0.39 is 11.9 Å². The normalized spacial score (nSPS) is 17.3. The van der Waals surface area contributed by atoms with Crippen LogP contribution < -0.4 is 4.90 Å². The Kier molecular flexibility index (Phi) is 2.94. The van der Waals surface area contributed by atoms with E-state index in [0.717, 1.165) is 10.9 Å². The molecule has 114 valence electrons. The van der Waals surface area contributed by atoms with Crippen LogP contribution in [-0.2, 0) is 4.79 Å². The third kappa shape index (κ3) is 2.01. The van der Waals surface area contributed by atoms with Crippen molar-refractivity contribution in [2.75, 3.05) is 11.4 Å². The number of aliphatic carboxylic acids is 1. The van der Waals surface area contributed by atoms with E-state index >= 15 is 0 Å². The first-order chi connectivity index (χ1) is 11.2. The van der Waals surface area contributed by atoms with Gasteiger partial charge in [-0.25, -0.2) is 0 Å². The summed E-state index contributed by atoms with van der Waals surface area (Å²) in [6, 6.07) is 16.6. The molecule has 2 heterocycles. The average molecular weight is 306 g/mol. The van der Waals surface area contributed by atoms with Gasteiger partial charge in [-0.3, -0.25) is 9.59 Å². The number of nitrogens with zero attached hydrogens (tertiary/aromatic N) is 1. The highest BCUT2D eigenvalue weighted by Gasteiger charge is 2.38. The number of hydrogen-bond acceptors (Lipinski definition) is 2. The Labute approximate surface area is 132 Å². The number of para-hydroxylation sites is 2. The van der Waals surface area contributed by atoms with E-state index in [4.69, 9.17) is 0 Å². The largest absolute Gasteiger partial charge is 0.481 e. The number of nitrogens with one attached hydrogen (secondary N) is 1. The summed E-state index contributed by atoms with van der Waals surface area (Å²) in [4.78, 5) is 29.3. The molecule has 23 heavy (non-hydrogen) atoms. The van der Waals surface area contributed by atoms with Crippen LogP contribution in [0.4, 0.5) is 5.69 Å². The Morgan fingerprint density at radius 3 is 2.52 bits per heavy atom. The Balaban J connectivity index is 1.93. The van der Waals surface area contributed by atoms with Gasteiger partial charge in [0, 0.05) is 28.7 Å². The van der Waals surface area contributed by atoms with Gasteiger partial charge in [0.15, 0.2) is 0 Å². The van der Waals surface area contributed by atoms with Crippen molar-refractivity contribution in [2.24, 2.45) is 0 Å². The molecule has 0 saturated heterocycles. The van der Waals surface area contributed by atoms with Crippen molar-refractivity contribution in [3.8, 4) is 0 Å². The molecule has 1 amide bonds. The molecule has 1 aliphatic rings. The van der Waals surface area contributed by atoms with Gasteiger partial charge in [-0.2, -0.15) is 0 Å². The Bertz CT molecular complexity index is 914. The smallest absolute Gasteiger partial charge is 0.312 e. The van der Waals surface area contributed by atoms with Gasteiger partial charge in [0.25, 0.3) is 5.91 Å². The van der Waals surface area contributed by atoms with E-state index in [2.05, 4.69) is 4.98 Å². The number of fused-ring (bicyclic) bond motifs is 3. The quantitative estimate of drug-likeness (QED) is 0.764. The van der Waals surface area contributed by atoms with Crippen LogP contribution in [0.1, 0.15) is 22.0 Å². The molecule has 1 aromatic heterocycles. The van der Waals surface area contributed by atoms with Crippen LogP contribution in [0.15, 0.2) is 54.6 Å². The number of hydrogen-bond donors (Lipinski definition) is 2. The molecule has 0 spiro atoms. The van der Waals surface area contributed by atoms with E-state index in [1.54, 1.807) is 0 Å². The molecule has 0 bridgehead atoms. The lowest BCUT2D eigenvalue weighted by atomic mass is 9.91. The number of benzene rings is 2. The van der Waals surface area contributed by atoms with Gasteiger partial charge in [-0.1, -0.05) is 36.4 Å². The van der Waals surface area contributed by atoms with Crippen molar-refractivity contribution in [3.63, 3.8) is 0 Å². The van der Waals surface area contributed by atoms with Crippen LogP contribution in [0.2, 0.25) is 0 Å². The third-order valence-corrected chi connectivity index (χ3v) is 4.28. The summed E-state index contributed by atoms with van der Waals surface area (Å²) >= 11 is 0. The number of aromatic nitrogens is 1. The van der Waals surface area contributed by atoms with E-state index in [0.29, 0.717) is 16.9 Å². The first kappa shape index (κ1) is 13.6. The lowest BCUT2D eigenvalue weighted by Crippen LogP contribution is -2.42. The number of amides is 1. The Hall–Kier alpha value is -3.08. The van der Waals surface area contributed by atoms with Crippen molar-refractivity contribution in [3.05, 3.63) is 65.9 Å². The van der Waals surface area contributed by atoms with Crippen LogP contribution in [0.25, 0.3) is 10.9 Å². The third-order valence-electron chi connectivity index (χ3n) is 4.28. The predicted molar refractivity (Wildman–Crippen MR) is 86.8 cm³/mol. The highest BCUT2D eigenvalue weighted by molar-refractivity contribution is 6.13. The van der Waals surface area contributed by atoms with Crippen LogP contribution >= 0.6 is 0 Å². The first-order valence-electron chi connectivity index (χ1n) is 7.37. The zero-order chi connectivity index (χ0) is 16.0. The maximum atomic E-state index is 12.9. The van der Waals surface area contributed by atoms with Crippen LogP contribution in [-0.4, -0.2) is 28.5 Å². The highest BCUT2D eigenvalue weighted by atomic mass is 16.4. The standard InChI is InChI=1S/C18H14N2O3/c21-17-16-15(12-8-4-5-9-14(12)19-16)13(18(22)23)10-20(17)11-6-2-1-3-7-11/h1-9,13,19H,10H2,(H,22,23). The van der Waals surface area contributed by atoms with Crippen LogP contribution in [0.3, 0.4) is 0 Å². The Morgan fingerprint density at radius 2 is 1.78 bits per heavy atom. The molecule has 0 aliphatic carbocycles. The van der Waals surface area contributed by atoms with Crippen molar-refractivity contribution in [1.29, 1.82) is 0 Å². The minimum atomic E-state index is -0.926. The summed E-state index contributed by atoms with van der Waals surface area (Å²) in [7, 11) is 0. The van der Waals surface area contributed by atoms with Gasteiger partial charge in [0.05, 0.1) is 0 Å². The zero-order valence-corrected chi connectivity index (χ0v) is 12.2. The molecular weight excluding hydrogens is 292 g/mol. The molecule has 5 nitrogen and oxygen atoms in total. The lowest BCUT2D eigenvalue weighted by molar-refractivity contribution is -0.138. The van der Waals surface area contributed by atoms with E-state index in [-0.39, 0.29) is 12.5 Å². The van der Waals surface area contributed by atoms with Gasteiger partial charge in [0.2, 0.25) is 0 Å². The molecule has 0 fully saturated rings. The number of carbonyl (C=O) groups is 2. The molecule has 0 radical (unpaired) electrons. The molecule has 5 heteroatoms. The van der Waals surface area contributed by atoms with Crippen molar-refractivity contribution < 1.29 is 14.7 Å². The maximum absolute atomic E-state index is 12.9. The molecule has 4 rings (SSSR count). The number of anilines is 1. The lowest BCUT2D eigenvalue weighted by Gasteiger charge is -2.30. The topological polar surface area (TPSA) is 73.4 Å². The molecule has 1 aliphatic heterocycles. The van der Waals surface area contributed by atoms with Gasteiger partial charge in [-0.05, 0) is 18.2 Å². The van der Waals surface area contributed by atoms with Crippen LogP contribution in [0.5, 0.6) is 0 Å². The fourth-order valence-corrected chi connectivity index (χ4v) is 3.22. The van der Waals surface area contributed by atoms with Gasteiger partial charge in [0.1, 0.15) is 11.6 Å². The second-order valence-corrected chi connectivity index (χ2v) is 5.60.